The summed E-state index contributed by atoms with van der Waals surface area (Å²) in [6, 6.07) is 8.65. The maximum absolute atomic E-state index is 12.7. The van der Waals surface area contributed by atoms with E-state index in [9.17, 15) is 14.4 Å². The molecule has 2 aliphatic carbocycles. The molecule has 0 amide bonds. The summed E-state index contributed by atoms with van der Waals surface area (Å²) in [5.41, 5.74) is -0.557. The number of Topliss-reactive ketones (excluding diaryl/α,β-unsaturated/α-hetero) is 1. The number of carbonyl (C=O) groups excluding carboxylic acids is 2. The van der Waals surface area contributed by atoms with E-state index in [0.717, 1.165) is 11.8 Å². The third-order valence-electron chi connectivity index (χ3n) is 8.48. The second kappa shape index (κ2) is 8.05. The Bertz CT molecular complexity index is 1100. The number of hydrogen-bond acceptors (Lipinski definition) is 6. The molecule has 1 heterocycles. The molecule has 32 heavy (non-hydrogen) atoms. The van der Waals surface area contributed by atoms with Gasteiger partial charge in [0.05, 0.1) is 6.61 Å². The lowest BCUT2D eigenvalue weighted by molar-refractivity contribution is -0.203. The first-order valence-electron chi connectivity index (χ1n) is 11.4. The van der Waals surface area contributed by atoms with Crippen molar-refractivity contribution in [2.45, 2.75) is 60.0 Å². The maximum Gasteiger partial charge on any atom is 0.336 e. The summed E-state index contributed by atoms with van der Waals surface area (Å²) in [6.45, 7) is 10.4. The van der Waals surface area contributed by atoms with Crippen LogP contribution < -0.4 is 10.4 Å². The van der Waals surface area contributed by atoms with E-state index >= 15 is 0 Å². The average molecular weight is 441 g/mol. The van der Waals surface area contributed by atoms with Crippen LogP contribution in [0.1, 0.15) is 53.9 Å². The van der Waals surface area contributed by atoms with E-state index in [1.54, 1.807) is 12.1 Å². The first kappa shape index (κ1) is 22.6. The molecule has 2 aromatic rings. The minimum Gasteiger partial charge on any atom is -0.493 e. The molecule has 2 saturated carbocycles. The number of fused-ring (bicyclic) bond motifs is 2. The smallest absolute Gasteiger partial charge is 0.336 e. The molecule has 172 valence electrons. The standard InChI is InChI=1S/C26H32O6/c1-15-12-23(31-17(3)27)26(5)16(2)20(28)9-10-22(26)25(15,4)14-30-19-8-6-18-7-11-24(29)32-21(18)13-19/h6-8,11,13,15-16,22-23H,9-10,12,14H2,1-5H3/t15-,16+,22+,23-,25-,26-/m0/s1. The largest absolute Gasteiger partial charge is 0.493 e. The summed E-state index contributed by atoms with van der Waals surface area (Å²) in [6.07, 6.45) is 1.70. The molecule has 0 spiro atoms. The normalized spacial score (nSPS) is 34.7. The molecular weight excluding hydrogens is 408 g/mol. The number of benzene rings is 1. The molecule has 0 unspecified atom stereocenters. The van der Waals surface area contributed by atoms with Gasteiger partial charge in [-0.25, -0.2) is 4.79 Å². The van der Waals surface area contributed by atoms with Crippen LogP contribution in [0, 0.1) is 28.6 Å². The van der Waals surface area contributed by atoms with E-state index in [1.165, 1.54) is 13.0 Å². The van der Waals surface area contributed by atoms with Crippen LogP contribution in [-0.2, 0) is 14.3 Å². The molecule has 0 saturated heterocycles. The Hall–Kier alpha value is -2.63. The Kier molecular flexibility index (Phi) is 5.68. The van der Waals surface area contributed by atoms with Gasteiger partial charge in [-0.2, -0.15) is 0 Å². The van der Waals surface area contributed by atoms with Crippen molar-refractivity contribution in [1.82, 2.24) is 0 Å². The summed E-state index contributed by atoms with van der Waals surface area (Å²) < 4.78 is 17.4. The van der Waals surface area contributed by atoms with Gasteiger partial charge in [-0.15, -0.1) is 0 Å². The van der Waals surface area contributed by atoms with E-state index in [1.807, 2.05) is 19.1 Å². The Morgan fingerprint density at radius 2 is 1.88 bits per heavy atom. The highest BCUT2D eigenvalue weighted by molar-refractivity contribution is 5.82. The summed E-state index contributed by atoms with van der Waals surface area (Å²) in [5, 5.41) is 0.839. The van der Waals surface area contributed by atoms with E-state index in [4.69, 9.17) is 13.9 Å². The van der Waals surface area contributed by atoms with E-state index < -0.39 is 11.0 Å². The van der Waals surface area contributed by atoms with Gasteiger partial charge in [0.2, 0.25) is 0 Å². The fourth-order valence-electron chi connectivity index (χ4n) is 6.18. The minimum absolute atomic E-state index is 0.161. The number of ether oxygens (including phenoxy) is 2. The van der Waals surface area contributed by atoms with Crippen LogP contribution in [0.3, 0.4) is 0 Å². The van der Waals surface area contributed by atoms with Gasteiger partial charge in [0.25, 0.3) is 0 Å². The zero-order chi connectivity index (χ0) is 23.3. The van der Waals surface area contributed by atoms with Gasteiger partial charge in [0, 0.05) is 47.6 Å². The molecule has 0 aliphatic heterocycles. The highest BCUT2D eigenvalue weighted by atomic mass is 16.5. The van der Waals surface area contributed by atoms with Gasteiger partial charge in [0.1, 0.15) is 23.2 Å². The van der Waals surface area contributed by atoms with Crippen molar-refractivity contribution >= 4 is 22.7 Å². The van der Waals surface area contributed by atoms with Crippen LogP contribution in [0.5, 0.6) is 5.75 Å². The molecule has 2 aliphatic rings. The number of rotatable bonds is 4. The highest BCUT2D eigenvalue weighted by Gasteiger charge is 2.62. The Balaban J connectivity index is 1.64. The van der Waals surface area contributed by atoms with Crippen molar-refractivity contribution in [3.8, 4) is 5.75 Å². The van der Waals surface area contributed by atoms with E-state index in [-0.39, 0.29) is 41.0 Å². The van der Waals surface area contributed by atoms with E-state index in [0.29, 0.717) is 30.8 Å². The zero-order valence-electron chi connectivity index (χ0n) is 19.5. The van der Waals surface area contributed by atoms with Gasteiger partial charge < -0.3 is 13.9 Å². The Morgan fingerprint density at radius 1 is 1.16 bits per heavy atom. The van der Waals surface area contributed by atoms with Crippen LogP contribution >= 0.6 is 0 Å². The minimum atomic E-state index is -0.443. The number of hydrogen-bond donors (Lipinski definition) is 0. The summed E-state index contributed by atoms with van der Waals surface area (Å²) in [5.74, 6) is 0.780. The lowest BCUT2D eigenvalue weighted by atomic mass is 9.44. The third kappa shape index (κ3) is 3.63. The average Bonchev–Trinajstić information content (AvgIpc) is 2.74. The number of esters is 1. The summed E-state index contributed by atoms with van der Waals surface area (Å²) in [4.78, 5) is 36.1. The monoisotopic (exact) mass is 440 g/mol. The van der Waals surface area contributed by atoms with Gasteiger partial charge in [-0.05, 0) is 42.9 Å². The SMILES string of the molecule is CC(=O)O[C@H]1C[C@H](C)[C@](C)(COc2ccc3ccc(=O)oc3c2)[C@H]2CCC(=O)[C@@H](C)[C@]12C. The van der Waals surface area contributed by atoms with E-state index in [2.05, 4.69) is 20.8 Å². The predicted octanol–water partition coefficient (Wildman–Crippen LogP) is 4.77. The molecule has 1 aromatic carbocycles. The highest BCUT2D eigenvalue weighted by Crippen LogP contribution is 2.61. The van der Waals surface area contributed by atoms with Crippen molar-refractivity contribution < 1.29 is 23.5 Å². The van der Waals surface area contributed by atoms with Crippen LogP contribution in [0.2, 0.25) is 0 Å². The van der Waals surface area contributed by atoms with Crippen LogP contribution in [-0.4, -0.2) is 24.5 Å². The van der Waals surface area contributed by atoms with Crippen molar-refractivity contribution in [1.29, 1.82) is 0 Å². The molecule has 2 fully saturated rings. The van der Waals surface area contributed by atoms with Gasteiger partial charge in [0.15, 0.2) is 0 Å². The molecule has 4 rings (SSSR count). The fourth-order valence-corrected chi connectivity index (χ4v) is 6.18. The van der Waals surface area contributed by atoms with Crippen LogP contribution in [0.4, 0.5) is 0 Å². The topological polar surface area (TPSA) is 82.8 Å². The van der Waals surface area contributed by atoms with Gasteiger partial charge in [-0.1, -0.05) is 27.7 Å². The first-order valence-corrected chi connectivity index (χ1v) is 11.4. The van der Waals surface area contributed by atoms with Crippen molar-refractivity contribution in [2.75, 3.05) is 6.61 Å². The lowest BCUT2D eigenvalue weighted by Gasteiger charge is -2.61. The van der Waals surface area contributed by atoms with Crippen molar-refractivity contribution in [2.24, 2.45) is 28.6 Å². The number of ketones is 1. The van der Waals surface area contributed by atoms with Crippen LogP contribution in [0.25, 0.3) is 11.0 Å². The maximum atomic E-state index is 12.7. The fraction of sp³-hybridized carbons (Fsp3) is 0.577. The molecular formula is C26H32O6. The first-order chi connectivity index (χ1) is 15.1. The Morgan fingerprint density at radius 3 is 2.59 bits per heavy atom. The zero-order valence-corrected chi connectivity index (χ0v) is 19.5. The summed E-state index contributed by atoms with van der Waals surface area (Å²) >= 11 is 0. The van der Waals surface area contributed by atoms with Crippen LogP contribution in [0.15, 0.2) is 39.5 Å². The van der Waals surface area contributed by atoms with Crippen molar-refractivity contribution in [3.05, 3.63) is 40.8 Å². The Labute approximate surface area is 188 Å². The quantitative estimate of drug-likeness (QED) is 0.503. The van der Waals surface area contributed by atoms with Gasteiger partial charge in [-0.3, -0.25) is 9.59 Å². The molecule has 0 radical (unpaired) electrons. The predicted molar refractivity (Wildman–Crippen MR) is 120 cm³/mol. The van der Waals surface area contributed by atoms with Gasteiger partial charge >= 0.3 is 11.6 Å². The molecule has 6 atom stereocenters. The second-order valence-corrected chi connectivity index (χ2v) is 10.1. The lowest BCUT2D eigenvalue weighted by Crippen LogP contribution is -2.63. The molecule has 6 nitrogen and oxygen atoms in total. The summed E-state index contributed by atoms with van der Waals surface area (Å²) in [7, 11) is 0. The molecule has 6 heteroatoms. The molecule has 0 N–H and O–H groups in total. The molecule has 0 bridgehead atoms. The second-order valence-electron chi connectivity index (χ2n) is 10.1. The molecule has 1 aromatic heterocycles. The van der Waals surface area contributed by atoms with Crippen molar-refractivity contribution in [3.63, 3.8) is 0 Å². The third-order valence-corrected chi connectivity index (χ3v) is 8.48. The number of carbonyl (C=O) groups is 2.